The van der Waals surface area contributed by atoms with E-state index in [1.54, 1.807) is 13.8 Å². The number of hydrogen-bond donors (Lipinski definition) is 3. The van der Waals surface area contributed by atoms with Crippen LogP contribution in [0, 0.1) is 13.8 Å². The molecule has 0 aliphatic heterocycles. The molecule has 100 valence electrons. The standard InChI is InChI=1S/C12H16BrNO4/c1-5-9(7(14)4-8(15)16)11(17)12(18-3)6(2)10(5)13/h7,17H,4,14H2,1-3H3,(H,15,16). The number of phenols is 1. The van der Waals surface area contributed by atoms with E-state index in [-0.39, 0.29) is 12.2 Å². The molecular weight excluding hydrogens is 302 g/mol. The van der Waals surface area contributed by atoms with Gasteiger partial charge in [0.2, 0.25) is 0 Å². The summed E-state index contributed by atoms with van der Waals surface area (Å²) in [7, 11) is 1.44. The van der Waals surface area contributed by atoms with E-state index in [1.807, 2.05) is 0 Å². The van der Waals surface area contributed by atoms with Gasteiger partial charge in [-0.3, -0.25) is 4.79 Å². The van der Waals surface area contributed by atoms with Crippen LogP contribution in [0.4, 0.5) is 0 Å². The first-order valence-electron chi connectivity index (χ1n) is 5.34. The van der Waals surface area contributed by atoms with Crippen molar-refractivity contribution in [1.29, 1.82) is 0 Å². The third-order valence-electron chi connectivity index (χ3n) is 2.84. The van der Waals surface area contributed by atoms with Crippen molar-refractivity contribution in [3.05, 3.63) is 21.2 Å². The SMILES string of the molecule is COc1c(C)c(Br)c(C)c(C(N)CC(=O)O)c1O. The fraction of sp³-hybridized carbons (Fsp3) is 0.417. The Balaban J connectivity index is 3.44. The number of carbonyl (C=O) groups is 1. The molecule has 5 nitrogen and oxygen atoms in total. The highest BCUT2D eigenvalue weighted by Crippen LogP contribution is 2.43. The quantitative estimate of drug-likeness (QED) is 0.792. The Hall–Kier alpha value is -1.27. The molecule has 0 saturated heterocycles. The molecule has 0 bridgehead atoms. The van der Waals surface area contributed by atoms with Crippen LogP contribution in [0.5, 0.6) is 11.5 Å². The summed E-state index contributed by atoms with van der Waals surface area (Å²) in [5, 5.41) is 18.9. The zero-order valence-electron chi connectivity index (χ0n) is 10.5. The van der Waals surface area contributed by atoms with Crippen LogP contribution in [0.25, 0.3) is 0 Å². The van der Waals surface area contributed by atoms with Gasteiger partial charge in [-0.1, -0.05) is 15.9 Å². The number of ether oxygens (including phenoxy) is 1. The molecule has 1 rings (SSSR count). The summed E-state index contributed by atoms with van der Waals surface area (Å²) in [6.07, 6.45) is -0.257. The summed E-state index contributed by atoms with van der Waals surface area (Å²) < 4.78 is 5.88. The lowest BCUT2D eigenvalue weighted by Crippen LogP contribution is -2.17. The minimum atomic E-state index is -1.02. The minimum Gasteiger partial charge on any atom is -0.504 e. The van der Waals surface area contributed by atoms with E-state index >= 15 is 0 Å². The number of hydrogen-bond acceptors (Lipinski definition) is 4. The van der Waals surface area contributed by atoms with Crippen LogP contribution in [0.15, 0.2) is 4.47 Å². The van der Waals surface area contributed by atoms with Gasteiger partial charge in [-0.05, 0) is 19.4 Å². The molecule has 0 heterocycles. The predicted molar refractivity (Wildman–Crippen MR) is 71.0 cm³/mol. The summed E-state index contributed by atoms with van der Waals surface area (Å²) in [5.74, 6) is -0.801. The third-order valence-corrected chi connectivity index (χ3v) is 4.03. The van der Waals surface area contributed by atoms with Gasteiger partial charge >= 0.3 is 5.97 Å². The Bertz CT molecular complexity index is 488. The molecule has 0 aliphatic rings. The van der Waals surface area contributed by atoms with Crippen LogP contribution in [0.1, 0.15) is 29.2 Å². The Morgan fingerprint density at radius 3 is 2.44 bits per heavy atom. The second-order valence-electron chi connectivity index (χ2n) is 4.06. The van der Waals surface area contributed by atoms with E-state index in [0.717, 1.165) is 15.6 Å². The second-order valence-corrected chi connectivity index (χ2v) is 4.86. The van der Waals surface area contributed by atoms with Crippen LogP contribution in [0.2, 0.25) is 0 Å². The zero-order valence-corrected chi connectivity index (χ0v) is 12.0. The van der Waals surface area contributed by atoms with Gasteiger partial charge in [-0.25, -0.2) is 0 Å². The summed E-state index contributed by atoms with van der Waals surface area (Å²) in [4.78, 5) is 10.7. The van der Waals surface area contributed by atoms with E-state index in [9.17, 15) is 9.90 Å². The van der Waals surface area contributed by atoms with E-state index in [4.69, 9.17) is 15.6 Å². The number of methoxy groups -OCH3 is 1. The van der Waals surface area contributed by atoms with Crippen LogP contribution in [-0.4, -0.2) is 23.3 Å². The first-order valence-corrected chi connectivity index (χ1v) is 6.13. The summed E-state index contributed by atoms with van der Waals surface area (Å²) >= 11 is 3.40. The molecule has 0 fully saturated rings. The van der Waals surface area contributed by atoms with Gasteiger partial charge in [0.15, 0.2) is 11.5 Å². The van der Waals surface area contributed by atoms with Crippen molar-refractivity contribution in [2.75, 3.05) is 7.11 Å². The Labute approximate surface area is 114 Å². The van der Waals surface area contributed by atoms with Gasteiger partial charge < -0.3 is 20.7 Å². The molecule has 18 heavy (non-hydrogen) atoms. The third kappa shape index (κ3) is 2.59. The number of rotatable bonds is 4. The smallest absolute Gasteiger partial charge is 0.305 e. The van der Waals surface area contributed by atoms with Crippen LogP contribution in [-0.2, 0) is 4.79 Å². The highest BCUT2D eigenvalue weighted by molar-refractivity contribution is 9.10. The predicted octanol–water partition coefficient (Wildman–Crippen LogP) is 2.25. The second kappa shape index (κ2) is 5.58. The number of aliphatic carboxylic acids is 1. The molecule has 6 heteroatoms. The lowest BCUT2D eigenvalue weighted by Gasteiger charge is -2.20. The number of carboxylic acid groups (broad SMARTS) is 1. The number of halogens is 1. The Morgan fingerprint density at radius 1 is 1.44 bits per heavy atom. The monoisotopic (exact) mass is 317 g/mol. The Kier molecular flexibility index (Phi) is 4.59. The topological polar surface area (TPSA) is 92.8 Å². The molecule has 0 aliphatic carbocycles. The fourth-order valence-corrected chi connectivity index (χ4v) is 2.36. The van der Waals surface area contributed by atoms with Gasteiger partial charge in [0, 0.05) is 21.6 Å². The largest absolute Gasteiger partial charge is 0.504 e. The molecule has 0 radical (unpaired) electrons. The molecule has 0 saturated carbocycles. The first-order chi connectivity index (χ1) is 8.31. The van der Waals surface area contributed by atoms with Crippen molar-refractivity contribution >= 4 is 21.9 Å². The molecule has 1 unspecified atom stereocenters. The highest BCUT2D eigenvalue weighted by Gasteiger charge is 2.24. The molecule has 0 amide bonds. The van der Waals surface area contributed by atoms with Gasteiger partial charge in [-0.2, -0.15) is 0 Å². The molecule has 4 N–H and O–H groups in total. The maximum Gasteiger partial charge on any atom is 0.305 e. The van der Waals surface area contributed by atoms with Gasteiger partial charge in [0.1, 0.15) is 0 Å². The van der Waals surface area contributed by atoms with E-state index < -0.39 is 12.0 Å². The average molecular weight is 318 g/mol. The zero-order chi connectivity index (χ0) is 14.0. The number of nitrogens with two attached hydrogens (primary N) is 1. The number of carboxylic acids is 1. The molecule has 1 atom stereocenters. The lowest BCUT2D eigenvalue weighted by molar-refractivity contribution is -0.137. The van der Waals surface area contributed by atoms with Crippen molar-refractivity contribution in [3.63, 3.8) is 0 Å². The van der Waals surface area contributed by atoms with Crippen molar-refractivity contribution < 1.29 is 19.7 Å². The van der Waals surface area contributed by atoms with Crippen molar-refractivity contribution in [2.45, 2.75) is 26.3 Å². The highest BCUT2D eigenvalue weighted by atomic mass is 79.9. The molecule has 0 aromatic heterocycles. The minimum absolute atomic E-state index is 0.0931. The molecular formula is C12H16BrNO4. The number of aromatic hydroxyl groups is 1. The summed E-state index contributed by atoms with van der Waals surface area (Å²) in [6, 6.07) is -0.784. The van der Waals surface area contributed by atoms with Gasteiger partial charge in [-0.15, -0.1) is 0 Å². The van der Waals surface area contributed by atoms with Gasteiger partial charge in [0.25, 0.3) is 0 Å². The number of phenolic OH excluding ortho intramolecular Hbond substituents is 1. The van der Waals surface area contributed by atoms with Crippen molar-refractivity contribution in [1.82, 2.24) is 0 Å². The van der Waals surface area contributed by atoms with E-state index in [0.29, 0.717) is 11.3 Å². The normalized spacial score (nSPS) is 12.3. The van der Waals surface area contributed by atoms with Crippen molar-refractivity contribution in [2.24, 2.45) is 5.73 Å². The van der Waals surface area contributed by atoms with E-state index in [1.165, 1.54) is 7.11 Å². The maximum absolute atomic E-state index is 10.7. The van der Waals surface area contributed by atoms with Crippen LogP contribution in [0.3, 0.4) is 0 Å². The maximum atomic E-state index is 10.7. The molecule has 0 spiro atoms. The van der Waals surface area contributed by atoms with Gasteiger partial charge in [0.05, 0.1) is 13.5 Å². The molecule has 1 aromatic carbocycles. The van der Waals surface area contributed by atoms with Crippen LogP contribution >= 0.6 is 15.9 Å². The molecule has 1 aromatic rings. The number of benzene rings is 1. The fourth-order valence-electron chi connectivity index (χ4n) is 1.97. The summed E-state index contributed by atoms with van der Waals surface area (Å²) in [5.41, 5.74) is 7.69. The van der Waals surface area contributed by atoms with Crippen molar-refractivity contribution in [3.8, 4) is 11.5 Å². The average Bonchev–Trinajstić information content (AvgIpc) is 2.26. The Morgan fingerprint density at radius 2 is 2.00 bits per heavy atom. The van der Waals surface area contributed by atoms with E-state index in [2.05, 4.69) is 15.9 Å². The first kappa shape index (κ1) is 14.8. The summed E-state index contributed by atoms with van der Waals surface area (Å²) in [6.45, 7) is 3.56. The van der Waals surface area contributed by atoms with Crippen LogP contribution < -0.4 is 10.5 Å². The lowest BCUT2D eigenvalue weighted by atomic mass is 9.95.